The lowest BCUT2D eigenvalue weighted by atomic mass is 9.99. The van der Waals surface area contributed by atoms with Crippen LogP contribution in [0.4, 0.5) is 0 Å². The van der Waals surface area contributed by atoms with Crippen LogP contribution in [-0.4, -0.2) is 17.1 Å². The number of hydrogen-bond acceptors (Lipinski definition) is 2. The molecule has 1 aromatic heterocycles. The zero-order valence-corrected chi connectivity index (χ0v) is 12.5. The molecule has 0 saturated heterocycles. The molecule has 1 N–H and O–H groups in total. The van der Waals surface area contributed by atoms with Gasteiger partial charge in [-0.05, 0) is 45.2 Å². The fourth-order valence-electron chi connectivity index (χ4n) is 1.57. The average molecular weight is 246 g/mol. The first-order chi connectivity index (χ1) is 8.28. The van der Waals surface area contributed by atoms with Gasteiger partial charge < -0.3 is 5.32 Å². The zero-order chi connectivity index (χ0) is 13.8. The van der Waals surface area contributed by atoms with Gasteiger partial charge in [0.2, 0.25) is 0 Å². The number of hydrogen-bond donors (Lipinski definition) is 1. The predicted molar refractivity (Wildman–Crippen MR) is 79.5 cm³/mol. The van der Waals surface area contributed by atoms with Gasteiger partial charge in [0.15, 0.2) is 0 Å². The summed E-state index contributed by atoms with van der Waals surface area (Å²) in [5.74, 6) is 0.543. The Bertz CT molecular complexity index is 394. The number of nitrogens with one attached hydrogen (secondary N) is 1. The summed E-state index contributed by atoms with van der Waals surface area (Å²) in [4.78, 5) is 4.34. The second kappa shape index (κ2) is 6.14. The van der Waals surface area contributed by atoms with E-state index in [1.807, 2.05) is 13.1 Å². The normalized spacial score (nSPS) is 13.2. The zero-order valence-electron chi connectivity index (χ0n) is 12.5. The molecular weight excluding hydrogens is 220 g/mol. The van der Waals surface area contributed by atoms with Crippen LogP contribution in [0.5, 0.6) is 0 Å². The van der Waals surface area contributed by atoms with Crippen LogP contribution in [0.2, 0.25) is 0 Å². The van der Waals surface area contributed by atoms with E-state index in [-0.39, 0.29) is 5.54 Å². The molecule has 0 aliphatic heterocycles. The fourth-order valence-corrected chi connectivity index (χ4v) is 1.57. The van der Waals surface area contributed by atoms with Crippen molar-refractivity contribution >= 4 is 6.08 Å². The van der Waals surface area contributed by atoms with Gasteiger partial charge >= 0.3 is 0 Å². The highest BCUT2D eigenvalue weighted by molar-refractivity contribution is 5.52. The Morgan fingerprint density at radius 1 is 1.33 bits per heavy atom. The second-order valence-electron chi connectivity index (χ2n) is 6.21. The van der Waals surface area contributed by atoms with Gasteiger partial charge in [-0.3, -0.25) is 4.98 Å². The SMILES string of the molecule is Cc1ccc(/C=C(\CNC(C)(C)C)C(C)C)cn1. The summed E-state index contributed by atoms with van der Waals surface area (Å²) in [6, 6.07) is 4.18. The Hall–Kier alpha value is -1.15. The molecule has 0 aliphatic rings. The molecule has 0 saturated carbocycles. The van der Waals surface area contributed by atoms with Gasteiger partial charge in [-0.25, -0.2) is 0 Å². The molecule has 1 rings (SSSR count). The van der Waals surface area contributed by atoms with Gasteiger partial charge in [0.05, 0.1) is 0 Å². The molecular formula is C16H26N2. The molecule has 2 nitrogen and oxygen atoms in total. The fraction of sp³-hybridized carbons (Fsp3) is 0.562. The summed E-state index contributed by atoms with van der Waals surface area (Å²) in [7, 11) is 0. The molecule has 0 atom stereocenters. The van der Waals surface area contributed by atoms with Crippen LogP contribution >= 0.6 is 0 Å². The molecule has 1 heterocycles. The van der Waals surface area contributed by atoms with Crippen LogP contribution in [0.1, 0.15) is 45.9 Å². The Morgan fingerprint density at radius 2 is 2.00 bits per heavy atom. The molecule has 100 valence electrons. The molecule has 0 fully saturated rings. The van der Waals surface area contributed by atoms with Gasteiger partial charge in [0.1, 0.15) is 0 Å². The van der Waals surface area contributed by atoms with E-state index in [2.05, 4.69) is 63.1 Å². The second-order valence-corrected chi connectivity index (χ2v) is 6.21. The minimum atomic E-state index is 0.152. The summed E-state index contributed by atoms with van der Waals surface area (Å²) in [6.07, 6.45) is 4.19. The van der Waals surface area contributed by atoms with Gasteiger partial charge in [0, 0.05) is 24.0 Å². The molecule has 0 amide bonds. The van der Waals surface area contributed by atoms with Crippen molar-refractivity contribution < 1.29 is 0 Å². The quantitative estimate of drug-likeness (QED) is 0.873. The molecule has 0 bridgehead atoms. The standard InChI is InChI=1S/C16H26N2/c1-12(2)15(11-18-16(4,5)6)9-14-8-7-13(3)17-10-14/h7-10,12,18H,11H2,1-6H3/b15-9+. The van der Waals surface area contributed by atoms with E-state index in [0.29, 0.717) is 5.92 Å². The maximum atomic E-state index is 4.34. The lowest BCUT2D eigenvalue weighted by molar-refractivity contribution is 0.437. The molecule has 0 spiro atoms. The Kier molecular flexibility index (Phi) is 5.09. The number of nitrogens with zero attached hydrogens (tertiary/aromatic N) is 1. The monoisotopic (exact) mass is 246 g/mol. The van der Waals surface area contributed by atoms with Crippen molar-refractivity contribution in [3.63, 3.8) is 0 Å². The van der Waals surface area contributed by atoms with Gasteiger partial charge in [0.25, 0.3) is 0 Å². The van der Waals surface area contributed by atoms with Gasteiger partial charge in [-0.15, -0.1) is 0 Å². The predicted octanol–water partition coefficient (Wildman–Crippen LogP) is 3.82. The Morgan fingerprint density at radius 3 is 2.44 bits per heavy atom. The van der Waals surface area contributed by atoms with E-state index in [0.717, 1.165) is 12.2 Å². The summed E-state index contributed by atoms with van der Waals surface area (Å²) in [5.41, 5.74) is 3.81. The number of pyridine rings is 1. The van der Waals surface area contributed by atoms with Gasteiger partial charge in [-0.2, -0.15) is 0 Å². The van der Waals surface area contributed by atoms with E-state index >= 15 is 0 Å². The molecule has 0 unspecified atom stereocenters. The first-order valence-electron chi connectivity index (χ1n) is 6.66. The van der Waals surface area contributed by atoms with Crippen LogP contribution < -0.4 is 5.32 Å². The lowest BCUT2D eigenvalue weighted by Gasteiger charge is -2.23. The van der Waals surface area contributed by atoms with Crippen molar-refractivity contribution in [3.05, 3.63) is 35.2 Å². The number of aryl methyl sites for hydroxylation is 1. The highest BCUT2D eigenvalue weighted by atomic mass is 14.9. The van der Waals surface area contributed by atoms with Gasteiger partial charge in [-0.1, -0.05) is 31.6 Å². The maximum Gasteiger partial charge on any atom is 0.0373 e. The minimum Gasteiger partial charge on any atom is -0.308 e. The minimum absolute atomic E-state index is 0.152. The third kappa shape index (κ3) is 5.46. The molecule has 0 aromatic carbocycles. The first kappa shape index (κ1) is 14.9. The van der Waals surface area contributed by atoms with E-state index < -0.39 is 0 Å². The topological polar surface area (TPSA) is 24.9 Å². The highest BCUT2D eigenvalue weighted by Crippen LogP contribution is 2.15. The van der Waals surface area contributed by atoms with E-state index in [1.54, 1.807) is 0 Å². The van der Waals surface area contributed by atoms with Crippen molar-refractivity contribution in [2.45, 2.75) is 47.1 Å². The summed E-state index contributed by atoms with van der Waals surface area (Å²) in [6.45, 7) is 14.0. The van der Waals surface area contributed by atoms with Crippen molar-refractivity contribution in [1.29, 1.82) is 0 Å². The van der Waals surface area contributed by atoms with Crippen molar-refractivity contribution in [2.75, 3.05) is 6.54 Å². The molecule has 2 heteroatoms. The first-order valence-corrected chi connectivity index (χ1v) is 6.66. The van der Waals surface area contributed by atoms with E-state index in [9.17, 15) is 0 Å². The van der Waals surface area contributed by atoms with Crippen molar-refractivity contribution in [2.24, 2.45) is 5.92 Å². The molecule has 0 aliphatic carbocycles. The maximum absolute atomic E-state index is 4.34. The summed E-state index contributed by atoms with van der Waals surface area (Å²) < 4.78 is 0. The lowest BCUT2D eigenvalue weighted by Crippen LogP contribution is -2.37. The van der Waals surface area contributed by atoms with E-state index in [4.69, 9.17) is 0 Å². The number of aromatic nitrogens is 1. The van der Waals surface area contributed by atoms with E-state index in [1.165, 1.54) is 11.1 Å². The largest absolute Gasteiger partial charge is 0.308 e. The van der Waals surface area contributed by atoms with Crippen molar-refractivity contribution in [1.82, 2.24) is 10.3 Å². The molecule has 18 heavy (non-hydrogen) atoms. The van der Waals surface area contributed by atoms with Crippen LogP contribution in [0, 0.1) is 12.8 Å². The Labute approximate surface area is 112 Å². The average Bonchev–Trinajstić information content (AvgIpc) is 2.25. The molecule has 0 radical (unpaired) electrons. The third-order valence-electron chi connectivity index (χ3n) is 2.85. The van der Waals surface area contributed by atoms with Crippen LogP contribution in [-0.2, 0) is 0 Å². The highest BCUT2D eigenvalue weighted by Gasteiger charge is 2.11. The van der Waals surface area contributed by atoms with Crippen molar-refractivity contribution in [3.8, 4) is 0 Å². The summed E-state index contributed by atoms with van der Waals surface area (Å²) in [5, 5.41) is 3.55. The summed E-state index contributed by atoms with van der Waals surface area (Å²) >= 11 is 0. The third-order valence-corrected chi connectivity index (χ3v) is 2.85. The van der Waals surface area contributed by atoms with Crippen LogP contribution in [0.25, 0.3) is 6.08 Å². The smallest absolute Gasteiger partial charge is 0.0373 e. The molecule has 1 aromatic rings. The van der Waals surface area contributed by atoms with Crippen LogP contribution in [0.3, 0.4) is 0 Å². The number of rotatable bonds is 4. The Balaban J connectivity index is 2.81. The van der Waals surface area contributed by atoms with Crippen LogP contribution in [0.15, 0.2) is 23.9 Å².